The molecular formula is C24H29Cl3N2O2S. The van der Waals surface area contributed by atoms with Gasteiger partial charge in [0.2, 0.25) is 11.8 Å². The molecule has 0 aliphatic carbocycles. The molecule has 32 heavy (non-hydrogen) atoms. The van der Waals surface area contributed by atoms with Crippen LogP contribution in [0.2, 0.25) is 15.1 Å². The van der Waals surface area contributed by atoms with Crippen LogP contribution in [-0.4, -0.2) is 34.6 Å². The van der Waals surface area contributed by atoms with Gasteiger partial charge in [-0.2, -0.15) is 0 Å². The van der Waals surface area contributed by atoms with Crippen molar-refractivity contribution < 1.29 is 9.59 Å². The molecule has 0 saturated heterocycles. The fourth-order valence-corrected chi connectivity index (χ4v) is 4.51. The van der Waals surface area contributed by atoms with Crippen LogP contribution in [0.25, 0.3) is 0 Å². The van der Waals surface area contributed by atoms with Crippen LogP contribution in [0.3, 0.4) is 0 Å². The highest BCUT2D eigenvalue weighted by atomic mass is 35.5. The zero-order chi connectivity index (χ0) is 23.7. The van der Waals surface area contributed by atoms with Gasteiger partial charge in [0, 0.05) is 23.4 Å². The van der Waals surface area contributed by atoms with Crippen molar-refractivity contribution in [2.24, 2.45) is 0 Å². The number of thioether (sulfide) groups is 1. The van der Waals surface area contributed by atoms with Crippen LogP contribution >= 0.6 is 46.6 Å². The van der Waals surface area contributed by atoms with E-state index in [-0.39, 0.29) is 30.2 Å². The molecule has 8 heteroatoms. The summed E-state index contributed by atoms with van der Waals surface area (Å²) >= 11 is 19.9. The number of nitrogens with zero attached hydrogens (tertiary/aromatic N) is 1. The molecule has 2 atom stereocenters. The van der Waals surface area contributed by atoms with Crippen LogP contribution < -0.4 is 5.32 Å². The summed E-state index contributed by atoms with van der Waals surface area (Å²) in [6.07, 6.45) is 1.33. The van der Waals surface area contributed by atoms with Gasteiger partial charge in [0.1, 0.15) is 6.04 Å². The van der Waals surface area contributed by atoms with Gasteiger partial charge in [-0.1, -0.05) is 72.9 Å². The third kappa shape index (κ3) is 7.87. The third-order valence-corrected chi connectivity index (χ3v) is 7.26. The van der Waals surface area contributed by atoms with Gasteiger partial charge >= 0.3 is 0 Å². The lowest BCUT2D eigenvalue weighted by molar-refractivity contribution is -0.139. The Labute approximate surface area is 210 Å². The summed E-state index contributed by atoms with van der Waals surface area (Å²) in [6.45, 7) is 6.16. The fraction of sp³-hybridized carbons (Fsp3) is 0.417. The summed E-state index contributed by atoms with van der Waals surface area (Å²) in [4.78, 5) is 27.9. The Kier molecular flexibility index (Phi) is 11.2. The second-order valence-electron chi connectivity index (χ2n) is 7.60. The molecule has 0 radical (unpaired) electrons. The van der Waals surface area contributed by atoms with Crippen molar-refractivity contribution in [1.82, 2.24) is 10.2 Å². The van der Waals surface area contributed by atoms with Crippen LogP contribution in [0.15, 0.2) is 42.5 Å². The van der Waals surface area contributed by atoms with E-state index in [1.165, 1.54) is 11.8 Å². The Balaban J connectivity index is 2.15. The molecule has 0 bridgehead atoms. The fourth-order valence-electron chi connectivity index (χ4n) is 3.14. The first-order valence-electron chi connectivity index (χ1n) is 10.6. The maximum Gasteiger partial charge on any atom is 0.243 e. The molecule has 0 heterocycles. The zero-order valence-electron chi connectivity index (χ0n) is 18.5. The second kappa shape index (κ2) is 13.3. The van der Waals surface area contributed by atoms with E-state index in [0.29, 0.717) is 27.2 Å². The minimum atomic E-state index is -0.571. The van der Waals surface area contributed by atoms with Gasteiger partial charge in [0.05, 0.1) is 15.8 Å². The van der Waals surface area contributed by atoms with Crippen LogP contribution in [-0.2, 0) is 21.9 Å². The molecule has 0 aliphatic rings. The van der Waals surface area contributed by atoms with Crippen LogP contribution in [0, 0.1) is 0 Å². The Morgan fingerprint density at radius 1 is 1.00 bits per heavy atom. The van der Waals surface area contributed by atoms with E-state index in [2.05, 4.69) is 5.32 Å². The molecule has 4 nitrogen and oxygen atoms in total. The molecule has 0 aliphatic heterocycles. The van der Waals surface area contributed by atoms with Crippen molar-refractivity contribution in [3.63, 3.8) is 0 Å². The van der Waals surface area contributed by atoms with Crippen molar-refractivity contribution in [3.8, 4) is 0 Å². The van der Waals surface area contributed by atoms with Gasteiger partial charge in [-0.15, -0.1) is 11.8 Å². The predicted molar refractivity (Wildman–Crippen MR) is 137 cm³/mol. The number of nitrogens with one attached hydrogen (secondary N) is 1. The molecule has 2 unspecified atom stereocenters. The smallest absolute Gasteiger partial charge is 0.243 e. The second-order valence-corrected chi connectivity index (χ2v) is 9.80. The number of carbonyl (C=O) groups is 2. The van der Waals surface area contributed by atoms with Crippen molar-refractivity contribution >= 4 is 58.4 Å². The molecule has 1 N–H and O–H groups in total. The van der Waals surface area contributed by atoms with Gasteiger partial charge in [-0.05, 0) is 49.1 Å². The lowest BCUT2D eigenvalue weighted by Gasteiger charge is -2.31. The average molecular weight is 516 g/mol. The Bertz CT molecular complexity index is 926. The van der Waals surface area contributed by atoms with Crippen molar-refractivity contribution in [2.45, 2.75) is 58.0 Å². The van der Waals surface area contributed by atoms with Gasteiger partial charge in [-0.25, -0.2) is 0 Å². The Morgan fingerprint density at radius 3 is 2.34 bits per heavy atom. The van der Waals surface area contributed by atoms with Gasteiger partial charge in [0.25, 0.3) is 0 Å². The van der Waals surface area contributed by atoms with E-state index in [1.807, 2.05) is 45.0 Å². The third-order valence-electron chi connectivity index (χ3n) is 5.16. The van der Waals surface area contributed by atoms with E-state index in [1.54, 1.807) is 23.1 Å². The molecule has 0 aromatic heterocycles. The van der Waals surface area contributed by atoms with Gasteiger partial charge in [0.15, 0.2) is 0 Å². The standard InChI is InChI=1S/C24H29Cl3N2O2S/c1-4-16(3)28-24(31)22(5-2)29(13-18-8-6-7-9-19(18)25)23(30)15-32-14-17-10-11-20(26)21(27)12-17/h6-12,16,22H,4-5,13-15H2,1-3H3,(H,28,31). The van der Waals surface area contributed by atoms with E-state index in [0.717, 1.165) is 17.5 Å². The summed E-state index contributed by atoms with van der Waals surface area (Å²) in [7, 11) is 0. The predicted octanol–water partition coefficient (Wildman–Crippen LogP) is 6.60. The van der Waals surface area contributed by atoms with E-state index >= 15 is 0 Å². The van der Waals surface area contributed by atoms with Gasteiger partial charge < -0.3 is 10.2 Å². The minimum Gasteiger partial charge on any atom is -0.352 e. The zero-order valence-corrected chi connectivity index (χ0v) is 21.6. The van der Waals surface area contributed by atoms with Crippen LogP contribution in [0.4, 0.5) is 0 Å². The number of rotatable bonds is 11. The number of carbonyl (C=O) groups excluding carboxylic acids is 2. The highest BCUT2D eigenvalue weighted by Gasteiger charge is 2.29. The quantitative estimate of drug-likeness (QED) is 0.367. The maximum absolute atomic E-state index is 13.3. The molecule has 2 aromatic carbocycles. The van der Waals surface area contributed by atoms with Crippen molar-refractivity contribution in [3.05, 3.63) is 68.7 Å². The number of benzene rings is 2. The molecular weight excluding hydrogens is 487 g/mol. The topological polar surface area (TPSA) is 49.4 Å². The Morgan fingerprint density at radius 2 is 1.72 bits per heavy atom. The first-order chi connectivity index (χ1) is 15.3. The molecule has 174 valence electrons. The molecule has 2 amide bonds. The average Bonchev–Trinajstić information content (AvgIpc) is 2.77. The van der Waals surface area contributed by atoms with Crippen LogP contribution in [0.1, 0.15) is 44.7 Å². The largest absolute Gasteiger partial charge is 0.352 e. The molecule has 0 fully saturated rings. The molecule has 2 rings (SSSR count). The monoisotopic (exact) mass is 514 g/mol. The first kappa shape index (κ1) is 26.8. The highest BCUT2D eigenvalue weighted by Crippen LogP contribution is 2.25. The number of halogens is 3. The number of amides is 2. The Hall–Kier alpha value is -1.40. The summed E-state index contributed by atoms with van der Waals surface area (Å²) < 4.78 is 0. The lowest BCUT2D eigenvalue weighted by atomic mass is 10.1. The van der Waals surface area contributed by atoms with E-state index in [9.17, 15) is 9.59 Å². The molecule has 2 aromatic rings. The highest BCUT2D eigenvalue weighted by molar-refractivity contribution is 7.99. The SMILES string of the molecule is CCC(C)NC(=O)C(CC)N(Cc1ccccc1Cl)C(=O)CSCc1ccc(Cl)c(Cl)c1. The molecule has 0 spiro atoms. The van der Waals surface area contributed by atoms with Gasteiger partial charge in [-0.3, -0.25) is 9.59 Å². The lowest BCUT2D eigenvalue weighted by Crippen LogP contribution is -2.51. The van der Waals surface area contributed by atoms with E-state index in [4.69, 9.17) is 34.8 Å². The number of hydrogen-bond donors (Lipinski definition) is 1. The summed E-state index contributed by atoms with van der Waals surface area (Å²) in [5.74, 6) is 0.592. The van der Waals surface area contributed by atoms with Crippen molar-refractivity contribution in [1.29, 1.82) is 0 Å². The van der Waals surface area contributed by atoms with Crippen molar-refractivity contribution in [2.75, 3.05) is 5.75 Å². The molecule has 0 saturated carbocycles. The van der Waals surface area contributed by atoms with Crippen LogP contribution in [0.5, 0.6) is 0 Å². The maximum atomic E-state index is 13.3. The summed E-state index contributed by atoms with van der Waals surface area (Å²) in [6, 6.07) is 12.3. The summed E-state index contributed by atoms with van der Waals surface area (Å²) in [5, 5.41) is 4.58. The normalized spacial score (nSPS) is 12.8. The summed E-state index contributed by atoms with van der Waals surface area (Å²) in [5.41, 5.74) is 1.79. The number of hydrogen-bond acceptors (Lipinski definition) is 3. The first-order valence-corrected chi connectivity index (χ1v) is 12.9. The minimum absolute atomic E-state index is 0.0397. The van der Waals surface area contributed by atoms with E-state index < -0.39 is 6.04 Å².